The van der Waals surface area contributed by atoms with Gasteiger partial charge in [-0.2, -0.15) is 0 Å². The van der Waals surface area contributed by atoms with Crippen LogP contribution in [0.1, 0.15) is 37.0 Å². The molecule has 0 aromatic heterocycles. The van der Waals surface area contributed by atoms with E-state index < -0.39 is 16.6 Å². The molecule has 0 spiro atoms. The molecule has 6 heteroatoms. The van der Waals surface area contributed by atoms with E-state index in [0.29, 0.717) is 11.8 Å². The fourth-order valence-corrected chi connectivity index (χ4v) is 2.66. The molecule has 3 unspecified atom stereocenters. The van der Waals surface area contributed by atoms with Crippen LogP contribution in [-0.4, -0.2) is 16.9 Å². The minimum Gasteiger partial charge on any atom is -0.349 e. The molecule has 5 nitrogen and oxygen atoms in total. The molecule has 0 heterocycles. The first-order valence-electron chi connectivity index (χ1n) is 6.65. The fourth-order valence-electron chi connectivity index (χ4n) is 2.66. The number of amides is 1. The van der Waals surface area contributed by atoms with Crippen molar-refractivity contribution in [3.8, 4) is 0 Å². The van der Waals surface area contributed by atoms with Crippen LogP contribution in [0.3, 0.4) is 0 Å². The Morgan fingerprint density at radius 3 is 2.65 bits per heavy atom. The molecule has 2 rings (SSSR count). The topological polar surface area (TPSA) is 72.2 Å². The molecule has 1 saturated carbocycles. The minimum atomic E-state index is -0.672. The van der Waals surface area contributed by atoms with Gasteiger partial charge in [0.2, 0.25) is 0 Å². The molecule has 1 aliphatic carbocycles. The minimum absolute atomic E-state index is 0.0135. The first-order valence-corrected chi connectivity index (χ1v) is 6.65. The Balaban J connectivity index is 2.21. The van der Waals surface area contributed by atoms with Crippen LogP contribution in [0, 0.1) is 27.8 Å². The zero-order chi connectivity index (χ0) is 14.9. The van der Waals surface area contributed by atoms with Crippen molar-refractivity contribution in [3.05, 3.63) is 39.7 Å². The molecule has 0 radical (unpaired) electrons. The molecule has 1 N–H and O–H groups in total. The molecule has 0 aliphatic heterocycles. The molecule has 1 aliphatic rings. The standard InChI is InChI=1S/C14H17FN2O3/c1-8-3-5-12(9(8)2)16-14(18)11-7-10(15)4-6-13(11)17(19)20/h4,6-9,12H,3,5H2,1-2H3,(H,16,18). The van der Waals surface area contributed by atoms with E-state index >= 15 is 0 Å². The summed E-state index contributed by atoms with van der Waals surface area (Å²) >= 11 is 0. The zero-order valence-electron chi connectivity index (χ0n) is 11.4. The summed E-state index contributed by atoms with van der Waals surface area (Å²) in [6.45, 7) is 4.16. The van der Waals surface area contributed by atoms with E-state index in [0.717, 1.165) is 31.0 Å². The maximum atomic E-state index is 13.2. The van der Waals surface area contributed by atoms with Gasteiger partial charge in [-0.15, -0.1) is 0 Å². The third kappa shape index (κ3) is 2.79. The van der Waals surface area contributed by atoms with Gasteiger partial charge in [0, 0.05) is 12.1 Å². The van der Waals surface area contributed by atoms with Crippen molar-refractivity contribution >= 4 is 11.6 Å². The summed E-state index contributed by atoms with van der Waals surface area (Å²) in [5.41, 5.74) is -0.593. The number of nitrogens with zero attached hydrogens (tertiary/aromatic N) is 1. The number of nitrogens with one attached hydrogen (secondary N) is 1. The summed E-state index contributed by atoms with van der Waals surface area (Å²) in [7, 11) is 0. The summed E-state index contributed by atoms with van der Waals surface area (Å²) in [5, 5.41) is 13.7. The van der Waals surface area contributed by atoms with Crippen molar-refractivity contribution < 1.29 is 14.1 Å². The molecule has 1 aromatic carbocycles. The normalized spacial score (nSPS) is 25.4. The lowest BCUT2D eigenvalue weighted by atomic mass is 9.97. The highest BCUT2D eigenvalue weighted by molar-refractivity contribution is 5.98. The first-order chi connectivity index (χ1) is 9.40. The summed E-state index contributed by atoms with van der Waals surface area (Å²) in [6, 6.07) is 2.90. The van der Waals surface area contributed by atoms with Gasteiger partial charge in [-0.05, 0) is 36.8 Å². The summed E-state index contributed by atoms with van der Waals surface area (Å²) < 4.78 is 13.2. The van der Waals surface area contributed by atoms with Crippen molar-refractivity contribution in [1.82, 2.24) is 5.32 Å². The zero-order valence-corrected chi connectivity index (χ0v) is 11.4. The van der Waals surface area contributed by atoms with Crippen LogP contribution < -0.4 is 5.32 Å². The van der Waals surface area contributed by atoms with E-state index in [4.69, 9.17) is 0 Å². The van der Waals surface area contributed by atoms with Crippen molar-refractivity contribution in [1.29, 1.82) is 0 Å². The van der Waals surface area contributed by atoms with Crippen molar-refractivity contribution in [3.63, 3.8) is 0 Å². The molecule has 0 saturated heterocycles. The Kier molecular flexibility index (Phi) is 4.01. The molecule has 0 bridgehead atoms. The predicted molar refractivity (Wildman–Crippen MR) is 71.9 cm³/mol. The predicted octanol–water partition coefficient (Wildman–Crippen LogP) is 2.90. The largest absolute Gasteiger partial charge is 0.349 e. The van der Waals surface area contributed by atoms with Gasteiger partial charge in [0.15, 0.2) is 0 Å². The number of nitro groups is 1. The summed E-state index contributed by atoms with van der Waals surface area (Å²) in [5.74, 6) is -0.426. The number of hydrogen-bond donors (Lipinski definition) is 1. The highest BCUT2D eigenvalue weighted by Gasteiger charge is 2.32. The van der Waals surface area contributed by atoms with Crippen LogP contribution in [0.4, 0.5) is 10.1 Å². The smallest absolute Gasteiger partial charge is 0.282 e. The lowest BCUT2D eigenvalue weighted by molar-refractivity contribution is -0.385. The van der Waals surface area contributed by atoms with E-state index in [9.17, 15) is 19.3 Å². The maximum Gasteiger partial charge on any atom is 0.282 e. The Labute approximate surface area is 116 Å². The lowest BCUT2D eigenvalue weighted by Crippen LogP contribution is -2.37. The SMILES string of the molecule is CC1CCC(NC(=O)c2cc(F)ccc2[N+](=O)[O-])C1C. The van der Waals surface area contributed by atoms with Crippen LogP contribution in [0.15, 0.2) is 18.2 Å². The molecule has 108 valence electrons. The molecule has 1 aromatic rings. The van der Waals surface area contributed by atoms with Gasteiger partial charge >= 0.3 is 0 Å². The number of hydrogen-bond acceptors (Lipinski definition) is 3. The number of carbonyl (C=O) groups is 1. The highest BCUT2D eigenvalue weighted by atomic mass is 19.1. The lowest BCUT2D eigenvalue weighted by Gasteiger charge is -2.19. The second kappa shape index (κ2) is 5.56. The Bertz CT molecular complexity index is 547. The number of carbonyl (C=O) groups excluding carboxylic acids is 1. The first kappa shape index (κ1) is 14.4. The second-order valence-corrected chi connectivity index (χ2v) is 5.41. The monoisotopic (exact) mass is 280 g/mol. The molecule has 20 heavy (non-hydrogen) atoms. The van der Waals surface area contributed by atoms with E-state index in [1.165, 1.54) is 0 Å². The van der Waals surface area contributed by atoms with Crippen LogP contribution in [0.25, 0.3) is 0 Å². The average Bonchev–Trinajstić information content (AvgIpc) is 2.70. The van der Waals surface area contributed by atoms with Crippen molar-refractivity contribution in [2.75, 3.05) is 0 Å². The van der Waals surface area contributed by atoms with E-state index in [2.05, 4.69) is 12.2 Å². The van der Waals surface area contributed by atoms with Crippen LogP contribution in [0.5, 0.6) is 0 Å². The van der Waals surface area contributed by atoms with Crippen LogP contribution in [-0.2, 0) is 0 Å². The summed E-state index contributed by atoms with van der Waals surface area (Å²) in [6.07, 6.45) is 1.86. The Morgan fingerprint density at radius 1 is 1.40 bits per heavy atom. The van der Waals surface area contributed by atoms with E-state index in [1.807, 2.05) is 6.92 Å². The average molecular weight is 280 g/mol. The molecule has 1 fully saturated rings. The third-order valence-corrected chi connectivity index (χ3v) is 4.18. The molecule has 3 atom stereocenters. The van der Waals surface area contributed by atoms with E-state index in [1.54, 1.807) is 0 Å². The van der Waals surface area contributed by atoms with E-state index in [-0.39, 0.29) is 17.3 Å². The Hall–Kier alpha value is -1.98. The number of rotatable bonds is 3. The van der Waals surface area contributed by atoms with Gasteiger partial charge in [-0.1, -0.05) is 13.8 Å². The number of benzene rings is 1. The summed E-state index contributed by atoms with van der Waals surface area (Å²) in [4.78, 5) is 22.4. The van der Waals surface area contributed by atoms with Gasteiger partial charge in [-0.3, -0.25) is 14.9 Å². The second-order valence-electron chi connectivity index (χ2n) is 5.41. The van der Waals surface area contributed by atoms with Crippen LogP contribution in [0.2, 0.25) is 0 Å². The maximum absolute atomic E-state index is 13.2. The highest BCUT2D eigenvalue weighted by Crippen LogP contribution is 2.31. The van der Waals surface area contributed by atoms with Gasteiger partial charge in [0.25, 0.3) is 11.6 Å². The van der Waals surface area contributed by atoms with Gasteiger partial charge in [0.05, 0.1) is 4.92 Å². The molecular weight excluding hydrogens is 263 g/mol. The van der Waals surface area contributed by atoms with Crippen molar-refractivity contribution in [2.24, 2.45) is 11.8 Å². The fraction of sp³-hybridized carbons (Fsp3) is 0.500. The Morgan fingerprint density at radius 2 is 2.10 bits per heavy atom. The van der Waals surface area contributed by atoms with Gasteiger partial charge in [-0.25, -0.2) is 4.39 Å². The van der Waals surface area contributed by atoms with Gasteiger partial charge < -0.3 is 5.32 Å². The number of halogens is 1. The molecular formula is C14H17FN2O3. The van der Waals surface area contributed by atoms with Gasteiger partial charge in [0.1, 0.15) is 11.4 Å². The van der Waals surface area contributed by atoms with Crippen molar-refractivity contribution in [2.45, 2.75) is 32.7 Å². The third-order valence-electron chi connectivity index (χ3n) is 4.18. The van der Waals surface area contributed by atoms with Crippen LogP contribution >= 0.6 is 0 Å². The quantitative estimate of drug-likeness (QED) is 0.683. The number of nitro benzene ring substituents is 1. The molecule has 1 amide bonds.